The van der Waals surface area contributed by atoms with E-state index in [0.717, 1.165) is 51.4 Å². The van der Waals surface area contributed by atoms with Crippen molar-refractivity contribution in [3.63, 3.8) is 0 Å². The van der Waals surface area contributed by atoms with E-state index in [1.165, 1.54) is 27.9 Å². The average Bonchev–Trinajstić information content (AvgIpc) is 2.68. The molecule has 2 N–H and O–H groups in total. The summed E-state index contributed by atoms with van der Waals surface area (Å²) in [5, 5.41) is 18.4. The molecule has 0 aromatic rings. The fraction of sp³-hybridized carbons (Fsp3) is 0.600. The average molecular weight is 445 g/mol. The minimum atomic E-state index is -0.726. The molecule has 0 aromatic heterocycles. The van der Waals surface area contributed by atoms with Crippen LogP contribution in [0.25, 0.3) is 0 Å². The summed E-state index contributed by atoms with van der Waals surface area (Å²) >= 11 is 0. The molecule has 0 aliphatic heterocycles. The van der Waals surface area contributed by atoms with Crippen LogP contribution < -0.4 is 0 Å². The van der Waals surface area contributed by atoms with E-state index < -0.39 is 5.60 Å². The van der Waals surface area contributed by atoms with Gasteiger partial charge in [0.15, 0.2) is 0 Å². The summed E-state index contributed by atoms with van der Waals surface area (Å²) in [6.07, 6.45) is 20.9. The van der Waals surface area contributed by atoms with Gasteiger partial charge in [0.1, 0.15) is 0 Å². The van der Waals surface area contributed by atoms with Gasteiger partial charge in [-0.05, 0) is 107 Å². The number of rotatable bonds is 14. The zero-order valence-electron chi connectivity index (χ0n) is 22.4. The molecule has 1 unspecified atom stereocenters. The van der Waals surface area contributed by atoms with Crippen molar-refractivity contribution >= 4 is 0 Å². The highest BCUT2D eigenvalue weighted by molar-refractivity contribution is 5.05. The van der Waals surface area contributed by atoms with E-state index in [0.29, 0.717) is 0 Å². The number of hydrogen-bond acceptors (Lipinski definition) is 2. The molecule has 0 radical (unpaired) electrons. The van der Waals surface area contributed by atoms with Crippen LogP contribution in [0.1, 0.15) is 107 Å². The third-order valence-corrected chi connectivity index (χ3v) is 5.24. The minimum absolute atomic E-state index is 0.162. The molecule has 2 nitrogen and oxygen atoms in total. The second-order valence-corrected chi connectivity index (χ2v) is 9.61. The van der Waals surface area contributed by atoms with Crippen molar-refractivity contribution < 1.29 is 10.2 Å². The molecule has 32 heavy (non-hydrogen) atoms. The first-order valence-corrected chi connectivity index (χ1v) is 12.1. The highest BCUT2D eigenvalue weighted by atomic mass is 16.3. The van der Waals surface area contributed by atoms with Crippen molar-refractivity contribution in [2.24, 2.45) is 0 Å². The van der Waals surface area contributed by atoms with Gasteiger partial charge in [-0.3, -0.25) is 0 Å². The Morgan fingerprint density at radius 3 is 1.41 bits per heavy atom. The number of aliphatic hydroxyl groups excluding tert-OH is 1. The van der Waals surface area contributed by atoms with Gasteiger partial charge in [0.25, 0.3) is 0 Å². The second kappa shape index (κ2) is 20.0. The standard InChI is InChI=1S/2C15H26O/c1-13(2)7-5-8-14(3)9-6-10-15(4)11-12-16;1-6-15(5,16)12-8-11-14(4)10-7-9-13(2)3/h7,9,11,16H,5-6,8,10,12H2,1-4H3;6,9,11,16H,1,7-8,10,12H2,2-5H3. The van der Waals surface area contributed by atoms with E-state index in [1.54, 1.807) is 13.0 Å². The van der Waals surface area contributed by atoms with Gasteiger partial charge in [0.2, 0.25) is 0 Å². The molecule has 0 amide bonds. The molecule has 0 fully saturated rings. The third-order valence-electron chi connectivity index (χ3n) is 5.24. The monoisotopic (exact) mass is 444 g/mol. The topological polar surface area (TPSA) is 40.5 Å². The van der Waals surface area contributed by atoms with Gasteiger partial charge < -0.3 is 10.2 Å². The maximum Gasteiger partial charge on any atom is 0.0800 e. The molecule has 0 aromatic carbocycles. The van der Waals surface area contributed by atoms with Crippen LogP contribution in [0.4, 0.5) is 0 Å². The van der Waals surface area contributed by atoms with Crippen molar-refractivity contribution in [2.75, 3.05) is 6.61 Å². The van der Waals surface area contributed by atoms with Crippen LogP contribution in [0.5, 0.6) is 0 Å². The van der Waals surface area contributed by atoms with Gasteiger partial charge in [-0.25, -0.2) is 0 Å². The van der Waals surface area contributed by atoms with Crippen molar-refractivity contribution in [1.29, 1.82) is 0 Å². The Morgan fingerprint density at radius 2 is 1.03 bits per heavy atom. The van der Waals surface area contributed by atoms with Gasteiger partial charge >= 0.3 is 0 Å². The van der Waals surface area contributed by atoms with Crippen LogP contribution in [0, 0.1) is 0 Å². The molecule has 184 valence electrons. The third kappa shape index (κ3) is 24.6. The fourth-order valence-electron chi connectivity index (χ4n) is 2.90. The smallest absolute Gasteiger partial charge is 0.0800 e. The van der Waals surface area contributed by atoms with E-state index in [2.05, 4.69) is 79.3 Å². The molecule has 0 saturated carbocycles. The Morgan fingerprint density at radius 1 is 0.656 bits per heavy atom. The highest BCUT2D eigenvalue weighted by Crippen LogP contribution is 2.15. The van der Waals surface area contributed by atoms with Gasteiger partial charge in [0, 0.05) is 0 Å². The molecule has 2 heteroatoms. The van der Waals surface area contributed by atoms with Gasteiger partial charge in [-0.15, -0.1) is 6.58 Å². The van der Waals surface area contributed by atoms with E-state index in [4.69, 9.17) is 5.11 Å². The van der Waals surface area contributed by atoms with Gasteiger partial charge in [0.05, 0.1) is 12.2 Å². The molecular formula is C30H52O2. The largest absolute Gasteiger partial charge is 0.392 e. The summed E-state index contributed by atoms with van der Waals surface area (Å²) in [6.45, 7) is 20.5. The molecule has 0 heterocycles. The van der Waals surface area contributed by atoms with Gasteiger partial charge in [-0.1, -0.05) is 64.3 Å². The molecule has 0 aliphatic carbocycles. The lowest BCUT2D eigenvalue weighted by atomic mass is 9.99. The first-order valence-electron chi connectivity index (χ1n) is 12.1. The Hall–Kier alpha value is -1.64. The van der Waals surface area contributed by atoms with Crippen molar-refractivity contribution in [3.05, 3.63) is 70.9 Å². The van der Waals surface area contributed by atoms with Crippen LogP contribution in [-0.2, 0) is 0 Å². The molecule has 1 atom stereocenters. The van der Waals surface area contributed by atoms with E-state index >= 15 is 0 Å². The molecule has 0 spiro atoms. The highest BCUT2D eigenvalue weighted by Gasteiger charge is 2.13. The lowest BCUT2D eigenvalue weighted by molar-refractivity contribution is 0.103. The summed E-state index contributed by atoms with van der Waals surface area (Å²) in [6, 6.07) is 0. The quantitative estimate of drug-likeness (QED) is 0.263. The van der Waals surface area contributed by atoms with Crippen molar-refractivity contribution in [3.8, 4) is 0 Å². The minimum Gasteiger partial charge on any atom is -0.392 e. The van der Waals surface area contributed by atoms with Crippen LogP contribution in [0.15, 0.2) is 70.9 Å². The first-order chi connectivity index (χ1) is 14.9. The summed E-state index contributed by atoms with van der Waals surface area (Å²) in [4.78, 5) is 0. The fourth-order valence-corrected chi connectivity index (χ4v) is 2.90. The van der Waals surface area contributed by atoms with Crippen LogP contribution in [-0.4, -0.2) is 22.4 Å². The zero-order chi connectivity index (χ0) is 25.0. The SMILES string of the molecule is C=CC(C)(O)CCC=C(C)CCC=C(C)C.CC(C)=CCCC(C)=CCCC(C)=CCO. The van der Waals surface area contributed by atoms with E-state index in [1.807, 2.05) is 6.08 Å². The summed E-state index contributed by atoms with van der Waals surface area (Å²) in [5.41, 5.74) is 6.19. The molecule has 0 saturated heterocycles. The lowest BCUT2D eigenvalue weighted by Crippen LogP contribution is -2.19. The van der Waals surface area contributed by atoms with Crippen molar-refractivity contribution in [2.45, 2.75) is 112 Å². The maximum absolute atomic E-state index is 9.73. The lowest BCUT2D eigenvalue weighted by Gasteiger charge is -2.16. The predicted molar refractivity (Wildman–Crippen MR) is 145 cm³/mol. The molecular weight excluding hydrogens is 392 g/mol. The predicted octanol–water partition coefficient (Wildman–Crippen LogP) is 8.79. The Bertz CT molecular complexity index is 646. The number of allylic oxidation sites excluding steroid dienone is 9. The van der Waals surface area contributed by atoms with Gasteiger partial charge in [-0.2, -0.15) is 0 Å². The summed E-state index contributed by atoms with van der Waals surface area (Å²) in [7, 11) is 0. The van der Waals surface area contributed by atoms with E-state index in [9.17, 15) is 5.11 Å². The Kier molecular flexibility index (Phi) is 20.3. The number of aliphatic hydroxyl groups is 2. The number of hydrogen-bond donors (Lipinski definition) is 2. The first kappa shape index (κ1) is 32.5. The van der Waals surface area contributed by atoms with Crippen molar-refractivity contribution in [1.82, 2.24) is 0 Å². The molecule has 0 rings (SSSR count). The molecule has 0 bridgehead atoms. The van der Waals surface area contributed by atoms with E-state index in [-0.39, 0.29) is 6.61 Å². The Labute approximate surface area is 200 Å². The van der Waals surface area contributed by atoms with Crippen LogP contribution >= 0.6 is 0 Å². The maximum atomic E-state index is 9.73. The summed E-state index contributed by atoms with van der Waals surface area (Å²) in [5.74, 6) is 0. The Balaban J connectivity index is 0. The summed E-state index contributed by atoms with van der Waals surface area (Å²) < 4.78 is 0. The molecule has 0 aliphatic rings. The normalized spacial score (nSPS) is 14.1. The zero-order valence-corrected chi connectivity index (χ0v) is 22.4. The van der Waals surface area contributed by atoms with Crippen LogP contribution in [0.2, 0.25) is 0 Å². The van der Waals surface area contributed by atoms with Crippen LogP contribution in [0.3, 0.4) is 0 Å². The second-order valence-electron chi connectivity index (χ2n) is 9.61.